The molecule has 2 atom stereocenters. The minimum Gasteiger partial charge on any atom is -0.368 e. The molecule has 3 heterocycles. The quantitative estimate of drug-likeness (QED) is 0.719. The minimum atomic E-state index is -0.726. The molecule has 1 saturated heterocycles. The molecule has 6 aliphatic rings. The molecular weight excluding hydrogens is 424 g/mol. The molecule has 5 fully saturated rings. The number of rotatable bonds is 4. The third kappa shape index (κ3) is 3.18. The van der Waals surface area contributed by atoms with Crippen LogP contribution in [0.25, 0.3) is 5.69 Å². The lowest BCUT2D eigenvalue weighted by Gasteiger charge is -2.56. The molecule has 1 aromatic heterocycles. The predicted octanol–water partition coefficient (Wildman–Crippen LogP) is 4.87. The summed E-state index contributed by atoms with van der Waals surface area (Å²) in [5, 5.41) is 7.90. The van der Waals surface area contributed by atoms with E-state index in [1.165, 1.54) is 55.3 Å². The number of carbonyl (C=O) groups is 1. The van der Waals surface area contributed by atoms with E-state index in [-0.39, 0.29) is 29.2 Å². The van der Waals surface area contributed by atoms with Gasteiger partial charge in [0.05, 0.1) is 11.8 Å². The number of halogens is 2. The largest absolute Gasteiger partial charge is 0.368 e. The van der Waals surface area contributed by atoms with Gasteiger partial charge in [0.15, 0.2) is 5.82 Å². The predicted molar refractivity (Wildman–Crippen MR) is 117 cm³/mol. The molecule has 7 heteroatoms. The van der Waals surface area contributed by atoms with Crippen molar-refractivity contribution in [1.82, 2.24) is 15.1 Å². The Kier molecular flexibility index (Phi) is 4.34. The van der Waals surface area contributed by atoms with Crippen LogP contribution in [0.2, 0.25) is 0 Å². The number of carbonyl (C=O) groups excluding carboxylic acids is 1. The maximum atomic E-state index is 14.8. The average Bonchev–Trinajstić information content (AvgIpc) is 3.34. The molecule has 1 amide bonds. The van der Waals surface area contributed by atoms with Gasteiger partial charge in [0.25, 0.3) is 5.91 Å². The van der Waals surface area contributed by atoms with Crippen LogP contribution < -0.4 is 5.32 Å². The molecular formula is C26H29F2N3O2. The monoisotopic (exact) mass is 453 g/mol. The van der Waals surface area contributed by atoms with Gasteiger partial charge in [-0.3, -0.25) is 4.79 Å². The molecule has 2 aromatic rings. The second-order valence-electron chi connectivity index (χ2n) is 11.3. The highest BCUT2D eigenvalue weighted by Gasteiger charge is 2.51. The Labute approximate surface area is 191 Å². The number of nitrogens with one attached hydrogen (secondary N) is 1. The van der Waals surface area contributed by atoms with Crippen molar-refractivity contribution < 1.29 is 18.3 Å². The zero-order valence-corrected chi connectivity index (χ0v) is 18.7. The van der Waals surface area contributed by atoms with E-state index in [2.05, 4.69) is 10.4 Å². The van der Waals surface area contributed by atoms with Crippen LogP contribution in [-0.2, 0) is 11.2 Å². The molecule has 174 valence electrons. The number of hydrogen-bond donors (Lipinski definition) is 1. The van der Waals surface area contributed by atoms with Crippen LogP contribution in [0.15, 0.2) is 18.2 Å². The van der Waals surface area contributed by atoms with Gasteiger partial charge in [0.1, 0.15) is 23.3 Å². The first-order chi connectivity index (χ1) is 16.0. The van der Waals surface area contributed by atoms with E-state index in [4.69, 9.17) is 4.74 Å². The normalized spacial score (nSPS) is 35.6. The molecule has 33 heavy (non-hydrogen) atoms. The molecule has 0 radical (unpaired) electrons. The summed E-state index contributed by atoms with van der Waals surface area (Å²) in [5.41, 5.74) is 2.29. The first-order valence-corrected chi connectivity index (χ1v) is 12.5. The SMILES string of the molecule is O=C(NCC12CC3CC(CC(C3)C1)C2)c1c2c(nn1-c1ccc(F)cc1F)C1CCC(C2)O1. The number of aromatic nitrogens is 2. The number of benzene rings is 1. The first kappa shape index (κ1) is 20.1. The van der Waals surface area contributed by atoms with Crippen molar-refractivity contribution in [3.63, 3.8) is 0 Å². The Balaban J connectivity index is 1.23. The van der Waals surface area contributed by atoms with Crippen LogP contribution in [0.4, 0.5) is 8.78 Å². The van der Waals surface area contributed by atoms with Crippen LogP contribution in [0, 0.1) is 34.8 Å². The summed E-state index contributed by atoms with van der Waals surface area (Å²) in [5.74, 6) is 0.858. The van der Waals surface area contributed by atoms with Crippen molar-refractivity contribution in [2.45, 2.75) is 70.0 Å². The summed E-state index contributed by atoms with van der Waals surface area (Å²) >= 11 is 0. The van der Waals surface area contributed by atoms with E-state index < -0.39 is 11.6 Å². The van der Waals surface area contributed by atoms with E-state index in [0.29, 0.717) is 18.7 Å². The number of fused-ring (bicyclic) bond motifs is 4. The lowest BCUT2D eigenvalue weighted by molar-refractivity contribution is -0.0503. The van der Waals surface area contributed by atoms with Crippen molar-refractivity contribution in [2.75, 3.05) is 6.54 Å². The van der Waals surface area contributed by atoms with Crippen LogP contribution in [0.3, 0.4) is 0 Å². The molecule has 5 nitrogen and oxygen atoms in total. The molecule has 1 aromatic carbocycles. The summed E-state index contributed by atoms with van der Waals surface area (Å²) < 4.78 is 35.7. The van der Waals surface area contributed by atoms with Gasteiger partial charge in [0.2, 0.25) is 0 Å². The molecule has 2 aliphatic heterocycles. The standard InChI is InChI=1S/C26H29F2N3O2/c27-17-1-3-21(20(28)8-17)31-24(19-9-18-2-4-22(33-18)23(19)30-31)25(32)29-13-26-10-14-5-15(11-26)7-16(6-14)12-26/h1,3,8,14-16,18,22H,2,4-7,9-13H2,(H,29,32). The second-order valence-corrected chi connectivity index (χ2v) is 11.3. The summed E-state index contributed by atoms with van der Waals surface area (Å²) in [6.45, 7) is 0.671. The smallest absolute Gasteiger partial charge is 0.270 e. The number of amides is 1. The summed E-state index contributed by atoms with van der Waals surface area (Å²) in [6, 6.07) is 3.41. The van der Waals surface area contributed by atoms with Crippen molar-refractivity contribution in [1.29, 1.82) is 0 Å². The van der Waals surface area contributed by atoms with Crippen molar-refractivity contribution in [2.24, 2.45) is 23.2 Å². The molecule has 4 aliphatic carbocycles. The maximum Gasteiger partial charge on any atom is 0.270 e. The van der Waals surface area contributed by atoms with Gasteiger partial charge < -0.3 is 10.1 Å². The van der Waals surface area contributed by atoms with E-state index in [0.717, 1.165) is 47.9 Å². The highest BCUT2D eigenvalue weighted by molar-refractivity contribution is 5.95. The van der Waals surface area contributed by atoms with E-state index in [1.807, 2.05) is 0 Å². The fourth-order valence-corrected chi connectivity index (χ4v) is 8.13. The third-order valence-electron chi connectivity index (χ3n) is 9.00. The van der Waals surface area contributed by atoms with E-state index in [9.17, 15) is 13.6 Å². The topological polar surface area (TPSA) is 56.2 Å². The first-order valence-electron chi connectivity index (χ1n) is 12.5. The zero-order valence-electron chi connectivity index (χ0n) is 18.7. The van der Waals surface area contributed by atoms with Gasteiger partial charge in [0, 0.05) is 24.6 Å². The van der Waals surface area contributed by atoms with Gasteiger partial charge in [-0.05, 0) is 86.7 Å². The molecule has 8 rings (SSSR count). The van der Waals surface area contributed by atoms with Gasteiger partial charge in [-0.15, -0.1) is 0 Å². The Hall–Kier alpha value is -2.28. The average molecular weight is 454 g/mol. The Morgan fingerprint density at radius 1 is 1.12 bits per heavy atom. The fourth-order valence-electron chi connectivity index (χ4n) is 8.13. The number of ether oxygens (including phenoxy) is 1. The molecule has 2 unspecified atom stereocenters. The Bertz CT molecular complexity index is 1110. The lowest BCUT2D eigenvalue weighted by Crippen LogP contribution is -2.51. The van der Waals surface area contributed by atoms with Crippen molar-refractivity contribution in [3.05, 3.63) is 46.8 Å². The second kappa shape index (κ2) is 7.11. The highest BCUT2D eigenvalue weighted by Crippen LogP contribution is 2.59. The Morgan fingerprint density at radius 3 is 2.55 bits per heavy atom. The third-order valence-corrected chi connectivity index (χ3v) is 9.00. The minimum absolute atomic E-state index is 0.0768. The van der Waals surface area contributed by atoms with Gasteiger partial charge in [-0.2, -0.15) is 5.10 Å². The Morgan fingerprint density at radius 2 is 1.85 bits per heavy atom. The summed E-state index contributed by atoms with van der Waals surface area (Å²) in [7, 11) is 0. The van der Waals surface area contributed by atoms with Crippen LogP contribution >= 0.6 is 0 Å². The molecule has 4 saturated carbocycles. The van der Waals surface area contributed by atoms with E-state index in [1.54, 1.807) is 0 Å². The van der Waals surface area contributed by atoms with E-state index >= 15 is 0 Å². The highest BCUT2D eigenvalue weighted by atomic mass is 19.1. The lowest BCUT2D eigenvalue weighted by atomic mass is 9.49. The van der Waals surface area contributed by atoms with Crippen molar-refractivity contribution in [3.8, 4) is 5.69 Å². The zero-order chi connectivity index (χ0) is 22.3. The summed E-state index contributed by atoms with van der Waals surface area (Å²) in [6.07, 6.45) is 10.0. The molecule has 1 N–H and O–H groups in total. The maximum absolute atomic E-state index is 14.8. The molecule has 0 spiro atoms. The van der Waals surface area contributed by atoms with Crippen molar-refractivity contribution >= 4 is 5.91 Å². The van der Waals surface area contributed by atoms with Crippen LogP contribution in [0.5, 0.6) is 0 Å². The number of nitrogens with zero attached hydrogens (tertiary/aromatic N) is 2. The molecule has 6 bridgehead atoms. The number of hydrogen-bond acceptors (Lipinski definition) is 3. The summed E-state index contributed by atoms with van der Waals surface area (Å²) in [4.78, 5) is 13.7. The van der Waals surface area contributed by atoms with Gasteiger partial charge in [-0.25, -0.2) is 13.5 Å². The van der Waals surface area contributed by atoms with Gasteiger partial charge >= 0.3 is 0 Å². The van der Waals surface area contributed by atoms with Gasteiger partial charge in [-0.1, -0.05) is 0 Å². The fraction of sp³-hybridized carbons (Fsp3) is 0.615. The van der Waals surface area contributed by atoms with Crippen LogP contribution in [-0.4, -0.2) is 28.3 Å². The van der Waals surface area contributed by atoms with Crippen LogP contribution in [0.1, 0.15) is 79.2 Å².